The zero-order valence-corrected chi connectivity index (χ0v) is 21.7. The number of para-hydroxylation sites is 1. The van der Waals surface area contributed by atoms with Gasteiger partial charge in [0.05, 0.1) is 50.8 Å². The minimum absolute atomic E-state index is 0.275. The quantitative estimate of drug-likeness (QED) is 0.251. The third kappa shape index (κ3) is 5.08. The number of H-pyrrole nitrogens is 1. The van der Waals surface area contributed by atoms with Crippen LogP contribution in [-0.2, 0) is 6.42 Å². The van der Waals surface area contributed by atoms with E-state index in [0.717, 1.165) is 10.9 Å². The van der Waals surface area contributed by atoms with Crippen LogP contribution < -0.4 is 19.5 Å². The number of methoxy groups -OCH3 is 3. The number of carbonyl (C=O) groups excluding carboxylic acids is 1. The number of nitrogens with zero attached hydrogens (tertiary/aromatic N) is 1. The molecule has 2 aromatic heterocycles. The smallest absolute Gasteiger partial charge is 0.252 e. The number of halogens is 1. The molecule has 2 heterocycles. The number of aliphatic hydroxyl groups excluding tert-OH is 1. The molecule has 1 unspecified atom stereocenters. The highest BCUT2D eigenvalue weighted by molar-refractivity contribution is 6.07. The van der Waals surface area contributed by atoms with Gasteiger partial charge in [0.15, 0.2) is 11.5 Å². The molecule has 0 bridgehead atoms. The van der Waals surface area contributed by atoms with E-state index in [1.165, 1.54) is 33.5 Å². The van der Waals surface area contributed by atoms with Gasteiger partial charge < -0.3 is 29.6 Å². The highest BCUT2D eigenvalue weighted by Gasteiger charge is 2.21. The van der Waals surface area contributed by atoms with Crippen LogP contribution >= 0.6 is 0 Å². The first kappa shape index (κ1) is 26.0. The summed E-state index contributed by atoms with van der Waals surface area (Å²) in [6.07, 6.45) is 2.12. The standard InChI is InChI=1S/C30H28FN3O5/c1-37-27-11-17(12-28(38-2)29(27)39-3)25-14-23(22-6-4-5-7-24(22)34-25)30(36)33-20(16-35)10-18-15-32-26-13-19(31)8-9-21(18)26/h4-9,11-15,20,32,35H,10,16H2,1-3H3,(H,33,36). The lowest BCUT2D eigenvalue weighted by molar-refractivity contribution is 0.0918. The number of hydrogen-bond donors (Lipinski definition) is 3. The fraction of sp³-hybridized carbons (Fsp3) is 0.200. The van der Waals surface area contributed by atoms with Crippen molar-refractivity contribution >= 4 is 27.7 Å². The van der Waals surface area contributed by atoms with Crippen LogP contribution in [0.2, 0.25) is 0 Å². The molecular formula is C30H28FN3O5. The molecule has 0 saturated heterocycles. The van der Waals surface area contributed by atoms with Gasteiger partial charge in [0, 0.05) is 28.0 Å². The number of aliphatic hydroxyl groups is 1. The zero-order chi connectivity index (χ0) is 27.5. The van der Waals surface area contributed by atoms with E-state index >= 15 is 0 Å². The summed E-state index contributed by atoms with van der Waals surface area (Å²) in [5, 5.41) is 14.6. The number of hydrogen-bond acceptors (Lipinski definition) is 6. The van der Waals surface area contributed by atoms with E-state index in [-0.39, 0.29) is 18.3 Å². The van der Waals surface area contributed by atoms with Gasteiger partial charge in [0.1, 0.15) is 5.82 Å². The second-order valence-electron chi connectivity index (χ2n) is 9.05. The van der Waals surface area contributed by atoms with Gasteiger partial charge in [-0.25, -0.2) is 9.37 Å². The Morgan fingerprint density at radius 1 is 1.00 bits per heavy atom. The van der Waals surface area contributed by atoms with Crippen molar-refractivity contribution in [1.29, 1.82) is 0 Å². The maximum atomic E-state index is 13.6. The van der Waals surface area contributed by atoms with E-state index in [9.17, 15) is 14.3 Å². The van der Waals surface area contributed by atoms with Crippen LogP contribution in [0.25, 0.3) is 33.1 Å². The van der Waals surface area contributed by atoms with Crippen molar-refractivity contribution in [3.8, 4) is 28.5 Å². The average molecular weight is 530 g/mol. The van der Waals surface area contributed by atoms with Crippen LogP contribution in [0.1, 0.15) is 15.9 Å². The van der Waals surface area contributed by atoms with Crippen LogP contribution in [0.4, 0.5) is 4.39 Å². The molecule has 5 aromatic rings. The molecule has 0 radical (unpaired) electrons. The molecule has 3 aromatic carbocycles. The summed E-state index contributed by atoms with van der Waals surface area (Å²) < 4.78 is 30.0. The summed E-state index contributed by atoms with van der Waals surface area (Å²) in [5.41, 5.74) is 3.77. The zero-order valence-electron chi connectivity index (χ0n) is 21.7. The number of benzene rings is 3. The van der Waals surface area contributed by atoms with E-state index in [4.69, 9.17) is 19.2 Å². The maximum absolute atomic E-state index is 13.6. The molecule has 0 fully saturated rings. The SMILES string of the molecule is COc1cc(-c2cc(C(=O)NC(CO)Cc3c[nH]c4cc(F)ccc34)c3ccccc3n2)cc(OC)c1OC. The predicted octanol–water partition coefficient (Wildman–Crippen LogP) is 4.88. The highest BCUT2D eigenvalue weighted by atomic mass is 19.1. The number of aromatic nitrogens is 2. The molecule has 0 spiro atoms. The van der Waals surface area contributed by atoms with E-state index < -0.39 is 6.04 Å². The minimum atomic E-state index is -0.571. The van der Waals surface area contributed by atoms with E-state index in [1.807, 2.05) is 24.3 Å². The molecule has 0 saturated carbocycles. The average Bonchev–Trinajstić information content (AvgIpc) is 3.36. The summed E-state index contributed by atoms with van der Waals surface area (Å²) in [7, 11) is 4.60. The number of pyridine rings is 1. The molecule has 3 N–H and O–H groups in total. The van der Waals surface area contributed by atoms with E-state index in [2.05, 4.69) is 10.3 Å². The molecule has 5 rings (SSSR count). The Morgan fingerprint density at radius 2 is 1.74 bits per heavy atom. The molecule has 0 aliphatic rings. The van der Waals surface area contributed by atoms with Gasteiger partial charge >= 0.3 is 0 Å². The second-order valence-corrected chi connectivity index (χ2v) is 9.05. The first-order valence-corrected chi connectivity index (χ1v) is 12.3. The third-order valence-corrected chi connectivity index (χ3v) is 6.67. The van der Waals surface area contributed by atoms with Gasteiger partial charge in [0.25, 0.3) is 5.91 Å². The Morgan fingerprint density at radius 3 is 2.44 bits per heavy atom. The van der Waals surface area contributed by atoms with Crippen LogP contribution in [0, 0.1) is 5.82 Å². The lowest BCUT2D eigenvalue weighted by Gasteiger charge is -2.18. The van der Waals surface area contributed by atoms with Crippen molar-refractivity contribution in [1.82, 2.24) is 15.3 Å². The number of ether oxygens (including phenoxy) is 3. The van der Waals surface area contributed by atoms with Crippen LogP contribution in [0.3, 0.4) is 0 Å². The second kappa shape index (κ2) is 11.0. The lowest BCUT2D eigenvalue weighted by atomic mass is 10.0. The first-order valence-electron chi connectivity index (χ1n) is 12.3. The number of amides is 1. The van der Waals surface area contributed by atoms with Gasteiger partial charge in [-0.3, -0.25) is 4.79 Å². The van der Waals surface area contributed by atoms with Crippen molar-refractivity contribution in [2.75, 3.05) is 27.9 Å². The topological polar surface area (TPSA) is 106 Å². The predicted molar refractivity (Wildman–Crippen MR) is 147 cm³/mol. The van der Waals surface area contributed by atoms with Crippen molar-refractivity contribution in [3.63, 3.8) is 0 Å². The Labute approximate surface area is 224 Å². The number of rotatable bonds is 9. The molecular weight excluding hydrogens is 501 g/mol. The number of aromatic amines is 1. The Kier molecular flexibility index (Phi) is 7.33. The molecule has 1 atom stereocenters. The normalized spacial score (nSPS) is 11.9. The number of nitrogens with one attached hydrogen (secondary N) is 2. The largest absolute Gasteiger partial charge is 0.493 e. The molecule has 200 valence electrons. The van der Waals surface area contributed by atoms with E-state index in [0.29, 0.717) is 56.9 Å². The van der Waals surface area contributed by atoms with Gasteiger partial charge in [0.2, 0.25) is 5.75 Å². The van der Waals surface area contributed by atoms with Gasteiger partial charge in [-0.05, 0) is 54.4 Å². The summed E-state index contributed by atoms with van der Waals surface area (Å²) >= 11 is 0. The molecule has 8 nitrogen and oxygen atoms in total. The summed E-state index contributed by atoms with van der Waals surface area (Å²) in [4.78, 5) is 21.4. The van der Waals surface area contributed by atoms with E-state index in [1.54, 1.807) is 30.5 Å². The molecule has 9 heteroatoms. The van der Waals surface area contributed by atoms with Gasteiger partial charge in [-0.15, -0.1) is 0 Å². The maximum Gasteiger partial charge on any atom is 0.252 e. The lowest BCUT2D eigenvalue weighted by Crippen LogP contribution is -2.39. The van der Waals surface area contributed by atoms with Crippen molar-refractivity contribution in [2.45, 2.75) is 12.5 Å². The Balaban J connectivity index is 1.51. The number of fused-ring (bicyclic) bond motifs is 2. The molecule has 0 aliphatic carbocycles. The van der Waals surface area contributed by atoms with Gasteiger partial charge in [-0.1, -0.05) is 18.2 Å². The Hall–Kier alpha value is -4.63. The fourth-order valence-electron chi connectivity index (χ4n) is 4.76. The molecule has 39 heavy (non-hydrogen) atoms. The number of carbonyl (C=O) groups is 1. The monoisotopic (exact) mass is 529 g/mol. The molecule has 1 amide bonds. The van der Waals surface area contributed by atoms with Crippen molar-refractivity contribution < 1.29 is 28.5 Å². The first-order chi connectivity index (χ1) is 18.9. The minimum Gasteiger partial charge on any atom is -0.493 e. The van der Waals surface area contributed by atoms with Crippen LogP contribution in [-0.4, -0.2) is 55.0 Å². The molecule has 0 aliphatic heterocycles. The Bertz CT molecular complexity index is 1640. The van der Waals surface area contributed by atoms with Crippen LogP contribution in [0.5, 0.6) is 17.2 Å². The van der Waals surface area contributed by atoms with Crippen molar-refractivity contribution in [2.24, 2.45) is 0 Å². The summed E-state index contributed by atoms with van der Waals surface area (Å²) in [6, 6.07) is 16.5. The van der Waals surface area contributed by atoms with Crippen molar-refractivity contribution in [3.05, 3.63) is 83.8 Å². The van der Waals surface area contributed by atoms with Gasteiger partial charge in [-0.2, -0.15) is 0 Å². The summed E-state index contributed by atoms with van der Waals surface area (Å²) in [6.45, 7) is -0.275. The van der Waals surface area contributed by atoms with Crippen LogP contribution in [0.15, 0.2) is 66.9 Å². The third-order valence-electron chi connectivity index (χ3n) is 6.67. The fourth-order valence-corrected chi connectivity index (χ4v) is 4.76. The summed E-state index contributed by atoms with van der Waals surface area (Å²) in [5.74, 6) is 0.689. The highest BCUT2D eigenvalue weighted by Crippen LogP contribution is 2.41.